The van der Waals surface area contributed by atoms with Crippen LogP contribution in [-0.4, -0.2) is 32.2 Å². The zero-order valence-electron chi connectivity index (χ0n) is 17.0. The van der Waals surface area contributed by atoms with Crippen LogP contribution in [0, 0.1) is 0 Å². The Bertz CT molecular complexity index is 1050. The molecule has 0 unspecified atom stereocenters. The first-order valence-corrected chi connectivity index (χ1v) is 11.6. The lowest BCUT2D eigenvalue weighted by Crippen LogP contribution is -2.07. The molecule has 1 aliphatic rings. The van der Waals surface area contributed by atoms with Gasteiger partial charge < -0.3 is 10.3 Å². The van der Waals surface area contributed by atoms with Crippen molar-refractivity contribution in [2.45, 2.75) is 56.3 Å². The highest BCUT2D eigenvalue weighted by Crippen LogP contribution is 2.36. The third-order valence-corrected chi connectivity index (χ3v) is 6.83. The average molecular weight is 422 g/mol. The van der Waals surface area contributed by atoms with Gasteiger partial charge in [-0.05, 0) is 74.5 Å². The van der Waals surface area contributed by atoms with Crippen molar-refractivity contribution < 1.29 is 10.3 Å². The maximum absolute atomic E-state index is 9.70. The van der Waals surface area contributed by atoms with Gasteiger partial charge in [-0.15, -0.1) is 11.8 Å². The van der Waals surface area contributed by atoms with E-state index >= 15 is 0 Å². The monoisotopic (exact) mass is 421 g/mol. The summed E-state index contributed by atoms with van der Waals surface area (Å²) in [6, 6.07) is 12.0. The Hall–Kier alpha value is -2.60. The number of aromatic nitrogens is 2. The van der Waals surface area contributed by atoms with Crippen LogP contribution in [0.1, 0.15) is 54.7 Å². The highest BCUT2D eigenvalue weighted by Gasteiger charge is 2.18. The Labute approximate surface area is 181 Å². The number of benzene rings is 1. The molecule has 1 aromatic carbocycles. The molecule has 0 saturated heterocycles. The molecule has 0 fully saturated rings. The summed E-state index contributed by atoms with van der Waals surface area (Å²) in [5.41, 5.74) is 5.13. The number of aromatic hydroxyl groups is 1. The van der Waals surface area contributed by atoms with Crippen molar-refractivity contribution >= 4 is 28.9 Å². The van der Waals surface area contributed by atoms with E-state index in [4.69, 9.17) is 10.2 Å². The van der Waals surface area contributed by atoms with Crippen LogP contribution < -0.4 is 0 Å². The lowest BCUT2D eigenvalue weighted by atomic mass is 9.94. The molecular formula is C24H27N3O2S. The van der Waals surface area contributed by atoms with E-state index in [1.54, 1.807) is 6.07 Å². The molecule has 6 heteroatoms. The fourth-order valence-corrected chi connectivity index (χ4v) is 5.33. The number of fused-ring (bicyclic) bond motifs is 2. The summed E-state index contributed by atoms with van der Waals surface area (Å²) >= 11 is 1.99. The van der Waals surface area contributed by atoms with Gasteiger partial charge in [0, 0.05) is 21.7 Å². The lowest BCUT2D eigenvalue weighted by Gasteiger charge is -2.20. The molecule has 3 aromatic rings. The number of pyridine rings is 2. The predicted molar refractivity (Wildman–Crippen MR) is 122 cm³/mol. The molecular weight excluding hydrogens is 394 g/mol. The molecule has 0 spiro atoms. The van der Waals surface area contributed by atoms with E-state index in [9.17, 15) is 5.11 Å². The summed E-state index contributed by atoms with van der Waals surface area (Å²) in [5, 5.41) is 22.6. The molecule has 2 aromatic heterocycles. The van der Waals surface area contributed by atoms with Crippen LogP contribution >= 0.6 is 11.8 Å². The maximum atomic E-state index is 9.70. The molecule has 0 atom stereocenters. The fourth-order valence-electron chi connectivity index (χ4n) is 4.05. The molecule has 2 heterocycles. The molecule has 0 bridgehead atoms. The van der Waals surface area contributed by atoms with Crippen molar-refractivity contribution in [1.29, 1.82) is 0 Å². The van der Waals surface area contributed by atoms with Crippen molar-refractivity contribution in [3.05, 3.63) is 59.0 Å². The number of aryl methyl sites for hydroxylation is 2. The Morgan fingerprint density at radius 3 is 2.77 bits per heavy atom. The molecule has 2 N–H and O–H groups in total. The number of oxime groups is 1. The van der Waals surface area contributed by atoms with Gasteiger partial charge in [0.2, 0.25) is 0 Å². The Balaban J connectivity index is 1.33. The molecule has 156 valence electrons. The smallest absolute Gasteiger partial charge is 0.142 e. The number of thioether (sulfide) groups is 1. The summed E-state index contributed by atoms with van der Waals surface area (Å²) in [6.45, 7) is 0. The number of hydrogen-bond acceptors (Lipinski definition) is 6. The van der Waals surface area contributed by atoms with Crippen LogP contribution in [0.2, 0.25) is 0 Å². The van der Waals surface area contributed by atoms with Gasteiger partial charge in [0.25, 0.3) is 0 Å². The van der Waals surface area contributed by atoms with Gasteiger partial charge in [-0.1, -0.05) is 29.8 Å². The number of rotatable bonds is 8. The molecule has 0 saturated carbocycles. The van der Waals surface area contributed by atoms with Gasteiger partial charge in [0.05, 0.1) is 11.7 Å². The second kappa shape index (κ2) is 9.94. The molecule has 1 aliphatic carbocycles. The Morgan fingerprint density at radius 1 is 1.00 bits per heavy atom. The fraction of sp³-hybridized carbons (Fsp3) is 0.375. The minimum absolute atomic E-state index is 0.0286. The van der Waals surface area contributed by atoms with Crippen LogP contribution in [-0.2, 0) is 19.3 Å². The molecule has 30 heavy (non-hydrogen) atoms. The minimum atomic E-state index is 0.0286. The van der Waals surface area contributed by atoms with E-state index < -0.39 is 0 Å². The molecule has 0 radical (unpaired) electrons. The normalized spacial score (nSPS) is 13.7. The highest BCUT2D eigenvalue weighted by atomic mass is 32.2. The molecule has 0 aliphatic heterocycles. The van der Waals surface area contributed by atoms with Crippen LogP contribution in [0.25, 0.3) is 10.9 Å². The zero-order valence-corrected chi connectivity index (χ0v) is 17.9. The van der Waals surface area contributed by atoms with Crippen LogP contribution in [0.15, 0.2) is 46.4 Å². The summed E-state index contributed by atoms with van der Waals surface area (Å²) in [4.78, 5) is 10.7. The van der Waals surface area contributed by atoms with Crippen molar-refractivity contribution in [3.8, 4) is 5.75 Å². The first kappa shape index (κ1) is 20.7. The topological polar surface area (TPSA) is 78.6 Å². The van der Waals surface area contributed by atoms with E-state index in [0.717, 1.165) is 61.7 Å². The molecule has 0 amide bonds. The highest BCUT2D eigenvalue weighted by molar-refractivity contribution is 7.99. The molecule has 5 nitrogen and oxygen atoms in total. The predicted octanol–water partition coefficient (Wildman–Crippen LogP) is 5.53. The van der Waals surface area contributed by atoms with Crippen LogP contribution in [0.3, 0.4) is 0 Å². The first-order valence-electron chi connectivity index (χ1n) is 10.7. The van der Waals surface area contributed by atoms with Gasteiger partial charge >= 0.3 is 0 Å². The van der Waals surface area contributed by atoms with Crippen LogP contribution in [0.4, 0.5) is 0 Å². The van der Waals surface area contributed by atoms with Gasteiger partial charge in [-0.3, -0.25) is 4.98 Å². The number of nitrogens with zero attached hydrogens (tertiary/aromatic N) is 3. The van der Waals surface area contributed by atoms with Gasteiger partial charge in [-0.25, -0.2) is 4.98 Å². The third kappa shape index (κ3) is 4.75. The van der Waals surface area contributed by atoms with Crippen molar-refractivity contribution in [3.63, 3.8) is 0 Å². The Kier molecular flexibility index (Phi) is 6.84. The summed E-state index contributed by atoms with van der Waals surface area (Å²) in [7, 11) is 0. The average Bonchev–Trinajstić information content (AvgIpc) is 2.77. The SMILES string of the molecule is O/N=C\c1nc(CCCCCSc2c3c(nc4ccccc24)CCCC3)ccc1O. The number of para-hydroxylation sites is 1. The third-order valence-electron chi connectivity index (χ3n) is 5.58. The summed E-state index contributed by atoms with van der Waals surface area (Å²) < 4.78 is 0. The van der Waals surface area contributed by atoms with Crippen molar-refractivity contribution in [2.24, 2.45) is 5.16 Å². The van der Waals surface area contributed by atoms with Gasteiger partial charge in [0.15, 0.2) is 0 Å². The second-order valence-corrected chi connectivity index (χ2v) is 8.81. The molecule has 4 rings (SSSR count). The van der Waals surface area contributed by atoms with E-state index in [2.05, 4.69) is 34.4 Å². The standard InChI is InChI=1S/C24H27N3O2S/c28-23-14-13-17(26-22(23)16-25-29)8-2-1-7-15-30-24-18-9-3-5-11-20(18)27-21-12-6-4-10-19(21)24/h3,5,9,11,13-14,16,28-29H,1-2,4,6-8,10,12,15H2/b25-16-. The van der Waals surface area contributed by atoms with E-state index in [0.29, 0.717) is 5.69 Å². The van der Waals surface area contributed by atoms with E-state index in [1.165, 1.54) is 34.4 Å². The van der Waals surface area contributed by atoms with Crippen molar-refractivity contribution in [1.82, 2.24) is 9.97 Å². The van der Waals surface area contributed by atoms with Crippen molar-refractivity contribution in [2.75, 3.05) is 5.75 Å². The van der Waals surface area contributed by atoms with Crippen LogP contribution in [0.5, 0.6) is 5.75 Å². The quantitative estimate of drug-likeness (QED) is 0.164. The number of unbranched alkanes of at least 4 members (excludes halogenated alkanes) is 2. The van der Waals surface area contributed by atoms with E-state index in [-0.39, 0.29) is 5.75 Å². The zero-order chi connectivity index (χ0) is 20.8. The lowest BCUT2D eigenvalue weighted by molar-refractivity contribution is 0.321. The second-order valence-electron chi connectivity index (χ2n) is 7.70. The van der Waals surface area contributed by atoms with Gasteiger partial charge in [0.1, 0.15) is 11.4 Å². The maximum Gasteiger partial charge on any atom is 0.142 e. The summed E-state index contributed by atoms with van der Waals surface area (Å²) in [5.74, 6) is 1.13. The number of hydrogen-bond donors (Lipinski definition) is 2. The first-order chi connectivity index (χ1) is 14.8. The minimum Gasteiger partial charge on any atom is -0.506 e. The van der Waals surface area contributed by atoms with E-state index in [1.807, 2.05) is 17.8 Å². The summed E-state index contributed by atoms with van der Waals surface area (Å²) in [6.07, 6.45) is 10.1. The largest absolute Gasteiger partial charge is 0.506 e. The van der Waals surface area contributed by atoms with Gasteiger partial charge in [-0.2, -0.15) is 0 Å². The Morgan fingerprint density at radius 2 is 1.87 bits per heavy atom.